The predicted octanol–water partition coefficient (Wildman–Crippen LogP) is 2.72. The van der Waals surface area contributed by atoms with Crippen LogP contribution < -0.4 is 10.6 Å². The second-order valence-corrected chi connectivity index (χ2v) is 7.42. The van der Waals surface area contributed by atoms with Crippen LogP contribution in [0.2, 0.25) is 0 Å². The van der Waals surface area contributed by atoms with Crippen LogP contribution in [0, 0.1) is 0 Å². The quantitative estimate of drug-likeness (QED) is 0.684. The predicted molar refractivity (Wildman–Crippen MR) is 106 cm³/mol. The lowest BCUT2D eigenvalue weighted by atomic mass is 10.1. The maximum atomic E-state index is 12.8. The van der Waals surface area contributed by atoms with Gasteiger partial charge in [-0.3, -0.25) is 9.88 Å². The lowest BCUT2D eigenvalue weighted by Gasteiger charge is -2.40. The number of pyridine rings is 1. The lowest BCUT2D eigenvalue weighted by Crippen LogP contribution is -2.52. The molecule has 2 aliphatic heterocycles. The fourth-order valence-corrected chi connectivity index (χ4v) is 3.64. The summed E-state index contributed by atoms with van der Waals surface area (Å²) in [6, 6.07) is 2.48. The minimum atomic E-state index is -4.41. The molecule has 1 atom stereocenters. The van der Waals surface area contributed by atoms with Crippen LogP contribution in [0.1, 0.15) is 18.2 Å². The zero-order valence-corrected chi connectivity index (χ0v) is 16.5. The number of aromatic amines is 2. The van der Waals surface area contributed by atoms with Gasteiger partial charge in [0.1, 0.15) is 11.5 Å². The normalized spacial score (nSPS) is 21.2. The third-order valence-corrected chi connectivity index (χ3v) is 5.20. The number of halogens is 3. The molecule has 3 N–H and O–H groups in total. The summed E-state index contributed by atoms with van der Waals surface area (Å²) in [5.41, 5.74) is 0.294. The van der Waals surface area contributed by atoms with E-state index in [2.05, 4.69) is 30.1 Å². The maximum Gasteiger partial charge on any atom is 0.417 e. The third kappa shape index (κ3) is 4.53. The van der Waals surface area contributed by atoms with Crippen molar-refractivity contribution >= 4 is 11.9 Å². The van der Waals surface area contributed by atoms with Gasteiger partial charge in [-0.15, -0.1) is 0 Å². The average Bonchev–Trinajstić information content (AvgIpc) is 3.27. The van der Waals surface area contributed by atoms with E-state index in [9.17, 15) is 23.1 Å². The van der Waals surface area contributed by atoms with Crippen molar-refractivity contribution in [2.75, 3.05) is 31.1 Å². The van der Waals surface area contributed by atoms with Gasteiger partial charge in [0.05, 0.1) is 17.5 Å². The highest BCUT2D eigenvalue weighted by atomic mass is 19.4. The molecule has 0 radical (unpaired) electrons. The molecule has 9 nitrogen and oxygen atoms in total. The summed E-state index contributed by atoms with van der Waals surface area (Å²) < 4.78 is 38.3. The zero-order valence-electron chi connectivity index (χ0n) is 16.5. The molecule has 0 aromatic carbocycles. The Morgan fingerprint density at radius 2 is 2.10 bits per heavy atom. The molecule has 2 aliphatic rings. The number of alkyl halides is 3. The molecule has 0 saturated carbocycles. The van der Waals surface area contributed by atoms with E-state index >= 15 is 0 Å². The van der Waals surface area contributed by atoms with Crippen LogP contribution >= 0.6 is 0 Å². The first-order chi connectivity index (χ1) is 14.7. The first-order valence-corrected chi connectivity index (χ1v) is 9.56. The molecular formula is C19H20F3N7O2. The van der Waals surface area contributed by atoms with Gasteiger partial charge in [-0.05, 0) is 25.1 Å². The molecule has 1 saturated heterocycles. The van der Waals surface area contributed by atoms with Crippen LogP contribution in [0.15, 0.2) is 50.8 Å². The smallest absolute Gasteiger partial charge is 0.417 e. The average molecular weight is 435 g/mol. The van der Waals surface area contributed by atoms with Crippen molar-refractivity contribution in [1.29, 1.82) is 0 Å². The Labute approximate surface area is 174 Å². The molecule has 31 heavy (non-hydrogen) atoms. The number of rotatable bonds is 4. The van der Waals surface area contributed by atoms with E-state index in [-0.39, 0.29) is 17.6 Å². The van der Waals surface area contributed by atoms with Gasteiger partial charge < -0.3 is 15.0 Å². The Bertz CT molecular complexity index is 1100. The van der Waals surface area contributed by atoms with Crippen molar-refractivity contribution in [3.63, 3.8) is 0 Å². The fourth-order valence-electron chi connectivity index (χ4n) is 3.64. The van der Waals surface area contributed by atoms with E-state index in [4.69, 9.17) is 0 Å². The minimum Gasteiger partial charge on any atom is -0.493 e. The number of nitrogens with zero attached hydrogens (tertiary/aromatic N) is 5. The highest BCUT2D eigenvalue weighted by Gasteiger charge is 2.32. The van der Waals surface area contributed by atoms with E-state index in [1.807, 2.05) is 11.8 Å². The van der Waals surface area contributed by atoms with Crippen LogP contribution in [-0.4, -0.2) is 57.2 Å². The van der Waals surface area contributed by atoms with Crippen LogP contribution in [0.5, 0.6) is 5.88 Å². The fraction of sp³-hybridized carbons (Fsp3) is 0.368. The van der Waals surface area contributed by atoms with Gasteiger partial charge in [0.15, 0.2) is 0 Å². The Morgan fingerprint density at radius 3 is 2.71 bits per heavy atom. The summed E-state index contributed by atoms with van der Waals surface area (Å²) in [5, 5.41) is 17.7. The van der Waals surface area contributed by atoms with Crippen LogP contribution in [0.4, 0.5) is 19.0 Å². The monoisotopic (exact) mass is 435 g/mol. The van der Waals surface area contributed by atoms with Crippen LogP contribution in [-0.2, 0) is 6.18 Å². The Kier molecular flexibility index (Phi) is 5.39. The summed E-state index contributed by atoms with van der Waals surface area (Å²) >= 11 is 0. The summed E-state index contributed by atoms with van der Waals surface area (Å²) in [7, 11) is 0. The second-order valence-electron chi connectivity index (χ2n) is 7.42. The third-order valence-electron chi connectivity index (χ3n) is 5.20. The van der Waals surface area contributed by atoms with Gasteiger partial charge in [-0.1, -0.05) is 0 Å². The van der Waals surface area contributed by atoms with Gasteiger partial charge in [0.25, 0.3) is 0 Å². The Balaban J connectivity index is 1.40. The molecule has 0 aliphatic carbocycles. The molecule has 12 heteroatoms. The summed E-state index contributed by atoms with van der Waals surface area (Å²) in [5.74, 6) is 0.239. The molecule has 0 amide bonds. The number of hydrogen-bond donors (Lipinski definition) is 3. The molecule has 0 bridgehead atoms. The lowest BCUT2D eigenvalue weighted by molar-refractivity contribution is -0.137. The molecule has 164 valence electrons. The van der Waals surface area contributed by atoms with E-state index in [1.165, 1.54) is 6.07 Å². The molecular weight excluding hydrogens is 415 g/mol. The number of nitrogens with one attached hydrogen (secondary N) is 2. The van der Waals surface area contributed by atoms with Crippen LogP contribution in [0.25, 0.3) is 6.08 Å². The van der Waals surface area contributed by atoms with Gasteiger partial charge in [-0.2, -0.15) is 23.4 Å². The van der Waals surface area contributed by atoms with Crippen molar-refractivity contribution in [2.24, 2.45) is 10.2 Å². The van der Waals surface area contributed by atoms with Crippen molar-refractivity contribution in [3.8, 4) is 5.88 Å². The zero-order chi connectivity index (χ0) is 22.2. The second kappa shape index (κ2) is 8.02. The summed E-state index contributed by atoms with van der Waals surface area (Å²) in [6.07, 6.45) is -0.377. The molecule has 4 heterocycles. The van der Waals surface area contributed by atoms with E-state index in [0.29, 0.717) is 37.7 Å². The number of aromatic hydroxyl groups is 1. The number of H-pyrrole nitrogens is 2. The molecule has 2 aromatic rings. The summed E-state index contributed by atoms with van der Waals surface area (Å²) in [4.78, 5) is 24.2. The van der Waals surface area contributed by atoms with Crippen molar-refractivity contribution < 1.29 is 18.3 Å². The molecule has 1 fully saturated rings. The highest BCUT2D eigenvalue weighted by molar-refractivity contribution is 5.59. The highest BCUT2D eigenvalue weighted by Crippen LogP contribution is 2.30. The van der Waals surface area contributed by atoms with Crippen molar-refractivity contribution in [2.45, 2.75) is 19.1 Å². The number of aromatic nitrogens is 3. The van der Waals surface area contributed by atoms with E-state index in [0.717, 1.165) is 17.8 Å². The molecule has 0 spiro atoms. The van der Waals surface area contributed by atoms with E-state index in [1.54, 1.807) is 12.3 Å². The number of hydrogen-bond acceptors (Lipinski definition) is 7. The van der Waals surface area contributed by atoms with Gasteiger partial charge in [-0.25, -0.2) is 9.78 Å². The molecule has 2 aromatic heterocycles. The summed E-state index contributed by atoms with van der Waals surface area (Å²) in [6.45, 7) is 4.48. The minimum absolute atomic E-state index is 0.0337. The topological polar surface area (TPSA) is 113 Å². The first kappa shape index (κ1) is 20.8. The number of imidazole rings is 1. The van der Waals surface area contributed by atoms with Gasteiger partial charge in [0.2, 0.25) is 5.88 Å². The SMILES string of the molecule is C[C@@H]1CN(CC2=CN=NC2=Cc2[nH]c(=O)[nH]c2O)CCN1c1ccc(C(F)(F)F)cn1. The Hall–Kier alpha value is -3.41. The number of anilines is 1. The standard InChI is InChI=1S/C19H20F3N7O2/c1-11-9-28(4-5-29(11)16-3-2-13(8-23-16)19(20,21)22)10-12-7-24-27-14(12)6-15-17(30)26-18(31)25-15/h2-3,6-8,11,30H,4-5,9-10H2,1H3,(H2,25,26,31)/t11-/m1/s1. The number of azo groups is 1. The Morgan fingerprint density at radius 1 is 1.29 bits per heavy atom. The van der Waals surface area contributed by atoms with Crippen LogP contribution in [0.3, 0.4) is 0 Å². The van der Waals surface area contributed by atoms with Crippen molar-refractivity contribution in [1.82, 2.24) is 19.9 Å². The molecule has 0 unspecified atom stereocenters. The first-order valence-electron chi connectivity index (χ1n) is 9.56. The van der Waals surface area contributed by atoms with Gasteiger partial charge in [0, 0.05) is 44.0 Å². The maximum absolute atomic E-state index is 12.8. The largest absolute Gasteiger partial charge is 0.493 e. The van der Waals surface area contributed by atoms with Gasteiger partial charge >= 0.3 is 11.9 Å². The molecule has 4 rings (SSSR count). The van der Waals surface area contributed by atoms with E-state index < -0.39 is 17.4 Å². The number of piperazine rings is 1. The van der Waals surface area contributed by atoms with Crippen molar-refractivity contribution in [3.05, 3.63) is 57.5 Å².